The number of hydrogen-bond donors (Lipinski definition) is 1. The summed E-state index contributed by atoms with van der Waals surface area (Å²) in [6.07, 6.45) is -0.162. The van der Waals surface area contributed by atoms with E-state index in [2.05, 4.69) is 5.32 Å². The molecule has 27 heavy (non-hydrogen) atoms. The van der Waals surface area contributed by atoms with Gasteiger partial charge in [-0.1, -0.05) is 6.92 Å². The van der Waals surface area contributed by atoms with Crippen molar-refractivity contribution in [3.63, 3.8) is 0 Å². The normalized spacial score (nSPS) is 14.7. The van der Waals surface area contributed by atoms with Gasteiger partial charge in [0.15, 0.2) is 6.61 Å². The quantitative estimate of drug-likeness (QED) is 0.791. The molecule has 0 bridgehead atoms. The molecule has 1 aliphatic heterocycles. The van der Waals surface area contributed by atoms with E-state index in [1.54, 1.807) is 45.9 Å². The molecule has 1 aliphatic rings. The maximum atomic E-state index is 12.3. The summed E-state index contributed by atoms with van der Waals surface area (Å²) in [6, 6.07) is 4.82. The Labute approximate surface area is 158 Å². The van der Waals surface area contributed by atoms with Gasteiger partial charge in [0.25, 0.3) is 5.91 Å². The zero-order valence-electron chi connectivity index (χ0n) is 16.3. The average Bonchev–Trinajstić information content (AvgIpc) is 2.55. The Morgan fingerprint density at radius 2 is 2.04 bits per heavy atom. The Morgan fingerprint density at radius 3 is 2.67 bits per heavy atom. The molecular weight excluding hydrogens is 352 g/mol. The fourth-order valence-electron chi connectivity index (χ4n) is 2.35. The van der Waals surface area contributed by atoms with E-state index in [9.17, 15) is 14.4 Å². The van der Waals surface area contributed by atoms with Crippen molar-refractivity contribution in [3.05, 3.63) is 18.2 Å². The minimum atomic E-state index is -0.636. The van der Waals surface area contributed by atoms with E-state index in [4.69, 9.17) is 14.2 Å². The van der Waals surface area contributed by atoms with E-state index >= 15 is 0 Å². The smallest absolute Gasteiger partial charge is 0.412 e. The van der Waals surface area contributed by atoms with E-state index in [-0.39, 0.29) is 25.2 Å². The predicted molar refractivity (Wildman–Crippen MR) is 100.0 cm³/mol. The van der Waals surface area contributed by atoms with Gasteiger partial charge in [-0.25, -0.2) is 4.79 Å². The first-order valence-corrected chi connectivity index (χ1v) is 8.85. The molecule has 2 rings (SSSR count). The minimum Gasteiger partial charge on any atom is -0.482 e. The highest BCUT2D eigenvalue weighted by molar-refractivity contribution is 6.02. The van der Waals surface area contributed by atoms with Gasteiger partial charge in [0.05, 0.1) is 11.8 Å². The van der Waals surface area contributed by atoms with Gasteiger partial charge in [-0.3, -0.25) is 19.8 Å². The van der Waals surface area contributed by atoms with Crippen molar-refractivity contribution in [2.45, 2.75) is 52.7 Å². The fourth-order valence-corrected chi connectivity index (χ4v) is 2.35. The summed E-state index contributed by atoms with van der Waals surface area (Å²) in [6.45, 7) is 8.58. The van der Waals surface area contributed by atoms with Crippen LogP contribution in [0.25, 0.3) is 0 Å². The Hall–Kier alpha value is -2.77. The summed E-state index contributed by atoms with van der Waals surface area (Å²) >= 11 is 0. The third-order valence-electron chi connectivity index (χ3n) is 3.74. The number of amides is 2. The molecule has 1 heterocycles. The highest BCUT2D eigenvalue weighted by Crippen LogP contribution is 2.34. The van der Waals surface area contributed by atoms with Gasteiger partial charge in [-0.05, 0) is 52.3 Å². The first kappa shape index (κ1) is 20.5. The molecule has 8 nitrogen and oxygen atoms in total. The number of fused-ring (bicyclic) bond motifs is 1. The summed E-state index contributed by atoms with van der Waals surface area (Å²) in [5.74, 6) is -0.422. The van der Waals surface area contributed by atoms with Gasteiger partial charge in [0.1, 0.15) is 17.9 Å². The summed E-state index contributed by atoms with van der Waals surface area (Å²) < 4.78 is 15.9. The molecule has 2 amide bonds. The lowest BCUT2D eigenvalue weighted by molar-refractivity contribution is -0.147. The third-order valence-corrected chi connectivity index (χ3v) is 3.74. The van der Waals surface area contributed by atoms with Crippen LogP contribution in [0.15, 0.2) is 18.2 Å². The fraction of sp³-hybridized carbons (Fsp3) is 0.526. The Morgan fingerprint density at radius 1 is 1.33 bits per heavy atom. The van der Waals surface area contributed by atoms with E-state index < -0.39 is 17.7 Å². The summed E-state index contributed by atoms with van der Waals surface area (Å²) in [5, 5.41) is 2.61. The monoisotopic (exact) mass is 378 g/mol. The molecule has 1 atom stereocenters. The molecule has 0 saturated heterocycles. The molecule has 1 aromatic rings. The van der Waals surface area contributed by atoms with Crippen LogP contribution in [0.5, 0.6) is 5.75 Å². The first-order chi connectivity index (χ1) is 12.6. The summed E-state index contributed by atoms with van der Waals surface area (Å²) in [4.78, 5) is 37.6. The van der Waals surface area contributed by atoms with Gasteiger partial charge in [0, 0.05) is 5.69 Å². The van der Waals surface area contributed by atoms with E-state index in [0.717, 1.165) is 0 Å². The molecule has 0 fully saturated rings. The number of hydrogen-bond acceptors (Lipinski definition) is 6. The minimum absolute atomic E-state index is 0.164. The molecule has 0 aromatic heterocycles. The number of rotatable bonds is 5. The Kier molecular flexibility index (Phi) is 6.30. The average molecular weight is 378 g/mol. The molecule has 8 heteroatoms. The number of nitrogens with zero attached hydrogens (tertiary/aromatic N) is 1. The highest BCUT2D eigenvalue weighted by atomic mass is 16.6. The maximum Gasteiger partial charge on any atom is 0.412 e. The van der Waals surface area contributed by atoms with Crippen LogP contribution in [0, 0.1) is 0 Å². The number of esters is 1. The van der Waals surface area contributed by atoms with E-state index in [0.29, 0.717) is 23.5 Å². The van der Waals surface area contributed by atoms with Gasteiger partial charge in [0.2, 0.25) is 0 Å². The van der Waals surface area contributed by atoms with Gasteiger partial charge < -0.3 is 14.2 Å². The van der Waals surface area contributed by atoms with Crippen LogP contribution in [0.3, 0.4) is 0 Å². The second-order valence-corrected chi connectivity index (χ2v) is 7.29. The molecule has 0 spiro atoms. The van der Waals surface area contributed by atoms with Crippen LogP contribution < -0.4 is 15.0 Å². The lowest BCUT2D eigenvalue weighted by Gasteiger charge is -2.29. The van der Waals surface area contributed by atoms with Crippen LogP contribution in [0.4, 0.5) is 16.2 Å². The van der Waals surface area contributed by atoms with Gasteiger partial charge in [-0.15, -0.1) is 0 Å². The molecule has 0 saturated carbocycles. The molecule has 0 radical (unpaired) electrons. The molecule has 1 aromatic carbocycles. The lowest BCUT2D eigenvalue weighted by atomic mass is 10.2. The van der Waals surface area contributed by atoms with Crippen LogP contribution in [-0.4, -0.2) is 42.8 Å². The van der Waals surface area contributed by atoms with Crippen LogP contribution in [-0.2, 0) is 19.1 Å². The van der Waals surface area contributed by atoms with E-state index in [1.165, 1.54) is 4.90 Å². The van der Waals surface area contributed by atoms with Gasteiger partial charge in [-0.2, -0.15) is 0 Å². The second-order valence-electron chi connectivity index (χ2n) is 7.29. The zero-order valence-corrected chi connectivity index (χ0v) is 16.3. The number of nitrogens with one attached hydrogen (secondary N) is 1. The standard InChI is InChI=1S/C19H26N2O6/c1-6-12(2)26-17(23)10-21-14-9-13(20-18(24)27-19(3,4)5)7-8-15(14)25-11-16(21)22/h7-9,12H,6,10-11H2,1-5H3,(H,20,24). The molecule has 1 N–H and O–H groups in total. The zero-order chi connectivity index (χ0) is 20.2. The van der Waals surface area contributed by atoms with Crippen LogP contribution in [0.1, 0.15) is 41.0 Å². The SMILES string of the molecule is CCC(C)OC(=O)CN1C(=O)COc2ccc(NC(=O)OC(C)(C)C)cc21. The van der Waals surface area contributed by atoms with Crippen molar-refractivity contribution in [1.82, 2.24) is 0 Å². The number of ether oxygens (including phenoxy) is 3. The number of anilines is 2. The largest absolute Gasteiger partial charge is 0.482 e. The van der Waals surface area contributed by atoms with Crippen molar-refractivity contribution in [3.8, 4) is 5.75 Å². The van der Waals surface area contributed by atoms with Crippen molar-refractivity contribution < 1.29 is 28.6 Å². The van der Waals surface area contributed by atoms with E-state index in [1.807, 2.05) is 6.92 Å². The Bertz CT molecular complexity index is 725. The lowest BCUT2D eigenvalue weighted by Crippen LogP contribution is -2.43. The Balaban J connectivity index is 2.17. The topological polar surface area (TPSA) is 94.2 Å². The second kappa shape index (κ2) is 8.28. The maximum absolute atomic E-state index is 12.3. The molecular formula is C19H26N2O6. The molecule has 0 aliphatic carbocycles. The van der Waals surface area contributed by atoms with Crippen molar-refractivity contribution in [2.24, 2.45) is 0 Å². The third kappa shape index (κ3) is 5.87. The summed E-state index contributed by atoms with van der Waals surface area (Å²) in [5.41, 5.74) is 0.172. The molecule has 148 valence electrons. The summed E-state index contributed by atoms with van der Waals surface area (Å²) in [7, 11) is 0. The van der Waals surface area contributed by atoms with Crippen molar-refractivity contribution in [1.29, 1.82) is 0 Å². The number of carbonyl (C=O) groups is 3. The first-order valence-electron chi connectivity index (χ1n) is 8.85. The van der Waals surface area contributed by atoms with Crippen LogP contribution in [0.2, 0.25) is 0 Å². The number of benzene rings is 1. The van der Waals surface area contributed by atoms with Crippen molar-refractivity contribution >= 4 is 29.3 Å². The van der Waals surface area contributed by atoms with Crippen LogP contribution >= 0.6 is 0 Å². The highest BCUT2D eigenvalue weighted by Gasteiger charge is 2.29. The van der Waals surface area contributed by atoms with Gasteiger partial charge >= 0.3 is 12.1 Å². The predicted octanol–water partition coefficient (Wildman–Crippen LogP) is 3.10. The number of carbonyl (C=O) groups excluding carboxylic acids is 3. The van der Waals surface area contributed by atoms with Crippen molar-refractivity contribution in [2.75, 3.05) is 23.4 Å². The molecule has 1 unspecified atom stereocenters.